The minimum absolute atomic E-state index is 0.867. The highest BCUT2D eigenvalue weighted by Crippen LogP contribution is 2.09. The number of aryl methyl sites for hydroxylation is 3. The maximum absolute atomic E-state index is 4.25. The summed E-state index contributed by atoms with van der Waals surface area (Å²) in [6, 6.07) is 6.59. The van der Waals surface area contributed by atoms with Gasteiger partial charge in [0.25, 0.3) is 0 Å². The Morgan fingerprint density at radius 3 is 2.72 bits per heavy atom. The van der Waals surface area contributed by atoms with Gasteiger partial charge in [-0.15, -0.1) is 0 Å². The first-order valence-corrected chi connectivity index (χ1v) is 6.26. The number of hydrogen-bond donors (Lipinski definition) is 1. The molecule has 1 aromatic carbocycles. The van der Waals surface area contributed by atoms with Crippen molar-refractivity contribution < 1.29 is 0 Å². The molecule has 0 aliphatic heterocycles. The zero-order chi connectivity index (χ0) is 13.0. The van der Waals surface area contributed by atoms with E-state index in [-0.39, 0.29) is 0 Å². The Hall–Kier alpha value is -1.68. The van der Waals surface area contributed by atoms with Crippen LogP contribution in [-0.4, -0.2) is 21.3 Å². The second kappa shape index (κ2) is 5.78. The Bertz CT molecular complexity index is 516. The average molecular weight is 244 g/mol. The van der Waals surface area contributed by atoms with Crippen LogP contribution in [-0.2, 0) is 20.0 Å². The van der Waals surface area contributed by atoms with Gasteiger partial charge in [0.05, 0.1) is 0 Å². The third-order valence-corrected chi connectivity index (χ3v) is 3.07. The van der Waals surface area contributed by atoms with E-state index in [1.165, 1.54) is 16.7 Å². The van der Waals surface area contributed by atoms with Crippen LogP contribution in [0.5, 0.6) is 0 Å². The smallest absolute Gasteiger partial charge is 0.151 e. The quantitative estimate of drug-likeness (QED) is 0.815. The van der Waals surface area contributed by atoms with Gasteiger partial charge in [-0.1, -0.05) is 18.2 Å². The van der Waals surface area contributed by atoms with Crippen LogP contribution in [0.25, 0.3) is 0 Å². The summed E-state index contributed by atoms with van der Waals surface area (Å²) in [5.74, 6) is 0.894. The normalized spacial score (nSPS) is 10.8. The molecular weight excluding hydrogens is 224 g/mol. The third kappa shape index (κ3) is 3.40. The summed E-state index contributed by atoms with van der Waals surface area (Å²) in [5, 5.41) is 7.66. The summed E-state index contributed by atoms with van der Waals surface area (Å²) in [4.78, 5) is 4.20. The van der Waals surface area contributed by atoms with Crippen molar-refractivity contribution in [1.82, 2.24) is 20.1 Å². The SMILES string of the molecule is Cc1ccc(CNCCc2ncn(C)n2)cc1C. The standard InChI is InChI=1S/C14H20N4/c1-11-4-5-13(8-12(11)2)9-15-7-6-14-16-10-18(3)17-14/h4-5,8,10,15H,6-7,9H2,1-3H3. The van der Waals surface area contributed by atoms with Crippen LogP contribution in [0, 0.1) is 13.8 Å². The summed E-state index contributed by atoms with van der Waals surface area (Å²) in [6.45, 7) is 6.08. The molecule has 96 valence electrons. The molecule has 18 heavy (non-hydrogen) atoms. The Morgan fingerprint density at radius 1 is 1.22 bits per heavy atom. The fourth-order valence-corrected chi connectivity index (χ4v) is 1.84. The van der Waals surface area contributed by atoms with E-state index in [1.807, 2.05) is 7.05 Å². The molecule has 0 fully saturated rings. The molecule has 0 aliphatic rings. The first-order valence-electron chi connectivity index (χ1n) is 6.26. The molecule has 0 unspecified atom stereocenters. The van der Waals surface area contributed by atoms with Gasteiger partial charge in [-0.3, -0.25) is 4.68 Å². The highest BCUT2D eigenvalue weighted by molar-refractivity contribution is 5.29. The van der Waals surface area contributed by atoms with Gasteiger partial charge in [0, 0.05) is 26.6 Å². The van der Waals surface area contributed by atoms with E-state index >= 15 is 0 Å². The number of benzene rings is 1. The number of rotatable bonds is 5. The maximum Gasteiger partial charge on any atom is 0.151 e. The minimum Gasteiger partial charge on any atom is -0.312 e. The van der Waals surface area contributed by atoms with Crippen molar-refractivity contribution in [2.24, 2.45) is 7.05 Å². The monoisotopic (exact) mass is 244 g/mol. The van der Waals surface area contributed by atoms with Crippen molar-refractivity contribution in [3.05, 3.63) is 47.0 Å². The van der Waals surface area contributed by atoms with E-state index in [4.69, 9.17) is 0 Å². The van der Waals surface area contributed by atoms with E-state index in [0.717, 1.165) is 25.3 Å². The molecule has 2 aromatic rings. The minimum atomic E-state index is 0.867. The van der Waals surface area contributed by atoms with Gasteiger partial charge < -0.3 is 5.32 Å². The highest BCUT2D eigenvalue weighted by atomic mass is 15.3. The average Bonchev–Trinajstić information content (AvgIpc) is 2.75. The fraction of sp³-hybridized carbons (Fsp3) is 0.429. The predicted octanol–water partition coefficient (Wildman–Crippen LogP) is 1.76. The summed E-state index contributed by atoms with van der Waals surface area (Å²) in [6.07, 6.45) is 2.60. The van der Waals surface area contributed by atoms with Crippen LogP contribution >= 0.6 is 0 Å². The Morgan fingerprint density at radius 2 is 2.06 bits per heavy atom. The molecule has 1 heterocycles. The van der Waals surface area contributed by atoms with Crippen LogP contribution in [0.15, 0.2) is 24.5 Å². The fourth-order valence-electron chi connectivity index (χ4n) is 1.84. The first kappa shape index (κ1) is 12.8. The summed E-state index contributed by atoms with van der Waals surface area (Å²) in [5.41, 5.74) is 4.02. The van der Waals surface area contributed by atoms with Crippen LogP contribution in [0.2, 0.25) is 0 Å². The zero-order valence-electron chi connectivity index (χ0n) is 11.3. The second-order valence-corrected chi connectivity index (χ2v) is 4.68. The van der Waals surface area contributed by atoms with E-state index < -0.39 is 0 Å². The Kier molecular flexibility index (Phi) is 4.10. The van der Waals surface area contributed by atoms with Gasteiger partial charge in [-0.25, -0.2) is 4.98 Å². The molecule has 0 spiro atoms. The lowest BCUT2D eigenvalue weighted by Gasteiger charge is -2.06. The van der Waals surface area contributed by atoms with Crippen LogP contribution in [0.4, 0.5) is 0 Å². The predicted molar refractivity (Wildman–Crippen MR) is 72.3 cm³/mol. The van der Waals surface area contributed by atoms with Crippen molar-refractivity contribution in [3.63, 3.8) is 0 Å². The lowest BCUT2D eigenvalue weighted by atomic mass is 10.1. The first-order chi connectivity index (χ1) is 8.65. The molecule has 4 heteroatoms. The van der Waals surface area contributed by atoms with Gasteiger partial charge in [0.2, 0.25) is 0 Å². The van der Waals surface area contributed by atoms with Gasteiger partial charge in [-0.05, 0) is 30.5 Å². The molecule has 4 nitrogen and oxygen atoms in total. The van der Waals surface area contributed by atoms with Crippen molar-refractivity contribution in [2.75, 3.05) is 6.54 Å². The number of aromatic nitrogens is 3. The summed E-state index contributed by atoms with van der Waals surface area (Å²) in [7, 11) is 1.89. The topological polar surface area (TPSA) is 42.7 Å². The van der Waals surface area contributed by atoms with Crippen molar-refractivity contribution in [1.29, 1.82) is 0 Å². The number of hydrogen-bond acceptors (Lipinski definition) is 3. The molecule has 1 N–H and O–H groups in total. The lowest BCUT2D eigenvalue weighted by Crippen LogP contribution is -2.17. The number of nitrogens with one attached hydrogen (secondary N) is 1. The molecule has 0 saturated carbocycles. The summed E-state index contributed by atoms with van der Waals surface area (Å²) >= 11 is 0. The van der Waals surface area contributed by atoms with Crippen molar-refractivity contribution in [2.45, 2.75) is 26.8 Å². The van der Waals surface area contributed by atoms with Gasteiger partial charge in [-0.2, -0.15) is 5.10 Å². The molecule has 0 atom stereocenters. The van der Waals surface area contributed by atoms with Gasteiger partial charge >= 0.3 is 0 Å². The highest BCUT2D eigenvalue weighted by Gasteiger charge is 1.99. The van der Waals surface area contributed by atoms with Crippen LogP contribution in [0.1, 0.15) is 22.5 Å². The van der Waals surface area contributed by atoms with Crippen LogP contribution in [0.3, 0.4) is 0 Å². The van der Waals surface area contributed by atoms with Crippen molar-refractivity contribution >= 4 is 0 Å². The van der Waals surface area contributed by atoms with Gasteiger partial charge in [0.1, 0.15) is 6.33 Å². The maximum atomic E-state index is 4.25. The second-order valence-electron chi connectivity index (χ2n) is 4.68. The molecule has 0 amide bonds. The molecule has 0 aliphatic carbocycles. The van der Waals surface area contributed by atoms with E-state index in [0.29, 0.717) is 0 Å². The lowest BCUT2D eigenvalue weighted by molar-refractivity contribution is 0.661. The number of nitrogens with zero attached hydrogens (tertiary/aromatic N) is 3. The Labute approximate surface area is 108 Å². The van der Waals surface area contributed by atoms with Crippen molar-refractivity contribution in [3.8, 4) is 0 Å². The molecule has 2 rings (SSSR count). The molecule has 0 radical (unpaired) electrons. The molecule has 0 bridgehead atoms. The van der Waals surface area contributed by atoms with Gasteiger partial charge in [0.15, 0.2) is 5.82 Å². The largest absolute Gasteiger partial charge is 0.312 e. The van der Waals surface area contributed by atoms with Crippen LogP contribution < -0.4 is 5.32 Å². The van der Waals surface area contributed by atoms with E-state index in [1.54, 1.807) is 11.0 Å². The zero-order valence-corrected chi connectivity index (χ0v) is 11.3. The molecule has 0 saturated heterocycles. The van der Waals surface area contributed by atoms with E-state index in [9.17, 15) is 0 Å². The third-order valence-electron chi connectivity index (χ3n) is 3.07. The molecule has 1 aromatic heterocycles. The molecular formula is C14H20N4. The Balaban J connectivity index is 1.76. The summed E-state index contributed by atoms with van der Waals surface area (Å²) < 4.78 is 1.73. The van der Waals surface area contributed by atoms with E-state index in [2.05, 4.69) is 47.4 Å².